The van der Waals surface area contributed by atoms with Gasteiger partial charge in [-0.3, -0.25) is 0 Å². The van der Waals surface area contributed by atoms with Crippen molar-refractivity contribution in [3.8, 4) is 0 Å². The summed E-state index contributed by atoms with van der Waals surface area (Å²) in [4.78, 5) is 23.7. The molecule has 26 heavy (non-hydrogen) atoms. The van der Waals surface area contributed by atoms with E-state index in [9.17, 15) is 14.7 Å². The lowest BCUT2D eigenvalue weighted by molar-refractivity contribution is 0.0390. The number of amides is 2. The van der Waals surface area contributed by atoms with Crippen LogP contribution in [0.3, 0.4) is 0 Å². The van der Waals surface area contributed by atoms with Crippen LogP contribution in [0.1, 0.15) is 45.6 Å². The van der Waals surface area contributed by atoms with Crippen LogP contribution in [0.25, 0.3) is 0 Å². The Morgan fingerprint density at radius 1 is 1.12 bits per heavy atom. The number of aliphatic hydroxyl groups is 1. The van der Waals surface area contributed by atoms with E-state index < -0.39 is 29.9 Å². The number of rotatable bonds is 4. The molecule has 0 aliphatic heterocycles. The molecule has 0 heterocycles. The molecule has 2 amide bonds. The number of alkyl carbamates (subject to hydrolysis) is 2. The lowest BCUT2D eigenvalue weighted by atomic mass is 9.89. The number of benzene rings is 1. The van der Waals surface area contributed by atoms with Crippen LogP contribution in [0.4, 0.5) is 9.59 Å². The van der Waals surface area contributed by atoms with Gasteiger partial charge in [-0.05, 0) is 45.6 Å². The second-order valence-corrected chi connectivity index (χ2v) is 7.54. The summed E-state index contributed by atoms with van der Waals surface area (Å²) in [7, 11) is 0. The van der Waals surface area contributed by atoms with Crippen molar-refractivity contribution < 1.29 is 24.2 Å². The van der Waals surface area contributed by atoms with Crippen molar-refractivity contribution in [3.05, 3.63) is 35.9 Å². The fourth-order valence-electron chi connectivity index (χ4n) is 2.84. The first-order valence-corrected chi connectivity index (χ1v) is 8.88. The number of hydrogen-bond acceptors (Lipinski definition) is 5. The lowest BCUT2D eigenvalue weighted by Gasteiger charge is -2.34. The maximum atomic E-state index is 11.9. The van der Waals surface area contributed by atoms with Gasteiger partial charge in [0.1, 0.15) is 12.2 Å². The number of nitrogens with one attached hydrogen (secondary N) is 2. The molecule has 144 valence electrons. The molecule has 1 aliphatic rings. The van der Waals surface area contributed by atoms with Gasteiger partial charge in [-0.1, -0.05) is 30.3 Å². The molecule has 0 unspecified atom stereocenters. The zero-order valence-corrected chi connectivity index (χ0v) is 15.5. The maximum absolute atomic E-state index is 11.9. The third-order valence-electron chi connectivity index (χ3n) is 4.05. The van der Waals surface area contributed by atoms with Crippen molar-refractivity contribution in [2.45, 2.75) is 70.4 Å². The molecule has 0 radical (unpaired) electrons. The first-order valence-electron chi connectivity index (χ1n) is 8.88. The van der Waals surface area contributed by atoms with Gasteiger partial charge in [0.2, 0.25) is 0 Å². The van der Waals surface area contributed by atoms with Gasteiger partial charge in [0.25, 0.3) is 0 Å². The minimum absolute atomic E-state index is 0.179. The van der Waals surface area contributed by atoms with Gasteiger partial charge in [-0.2, -0.15) is 0 Å². The van der Waals surface area contributed by atoms with E-state index in [1.165, 1.54) is 0 Å². The average Bonchev–Trinajstić information content (AvgIpc) is 2.55. The Labute approximate surface area is 154 Å². The highest BCUT2D eigenvalue weighted by Crippen LogP contribution is 2.20. The molecule has 7 nitrogen and oxygen atoms in total. The Bertz CT molecular complexity index is 600. The molecule has 0 saturated heterocycles. The van der Waals surface area contributed by atoms with Crippen molar-refractivity contribution in [3.63, 3.8) is 0 Å². The Kier molecular flexibility index (Phi) is 6.85. The van der Waals surface area contributed by atoms with Gasteiger partial charge < -0.3 is 25.2 Å². The minimum atomic E-state index is -0.757. The van der Waals surface area contributed by atoms with E-state index in [0.717, 1.165) is 5.56 Å². The number of ether oxygens (including phenoxy) is 2. The fraction of sp³-hybridized carbons (Fsp3) is 0.579. The fourth-order valence-corrected chi connectivity index (χ4v) is 2.84. The van der Waals surface area contributed by atoms with E-state index in [-0.39, 0.29) is 12.6 Å². The van der Waals surface area contributed by atoms with Crippen molar-refractivity contribution in [2.75, 3.05) is 0 Å². The summed E-state index contributed by atoms with van der Waals surface area (Å²) >= 11 is 0. The molecule has 7 heteroatoms. The average molecular weight is 364 g/mol. The molecule has 1 aliphatic carbocycles. The first kappa shape index (κ1) is 20.0. The van der Waals surface area contributed by atoms with E-state index >= 15 is 0 Å². The Morgan fingerprint density at radius 3 is 2.42 bits per heavy atom. The molecule has 0 aromatic heterocycles. The molecule has 1 saturated carbocycles. The second kappa shape index (κ2) is 8.89. The largest absolute Gasteiger partial charge is 0.445 e. The minimum Gasteiger partial charge on any atom is -0.445 e. The third kappa shape index (κ3) is 6.92. The lowest BCUT2D eigenvalue weighted by Crippen LogP contribution is -2.52. The number of carbonyl (C=O) groups excluding carboxylic acids is 2. The number of aliphatic hydroxyl groups excluding tert-OH is 1. The highest BCUT2D eigenvalue weighted by Gasteiger charge is 2.32. The van der Waals surface area contributed by atoms with E-state index in [1.807, 2.05) is 30.3 Å². The SMILES string of the molecule is CC(C)(C)OC(=O)N[C@@H]1CC[C@@H](NC(=O)OCc2ccccc2)[C@@H](O)C1. The summed E-state index contributed by atoms with van der Waals surface area (Å²) in [6.07, 6.45) is -0.280. The zero-order chi connectivity index (χ0) is 19.2. The summed E-state index contributed by atoms with van der Waals surface area (Å²) in [5.41, 5.74) is 0.331. The molecule has 0 spiro atoms. The van der Waals surface area contributed by atoms with Gasteiger partial charge >= 0.3 is 12.2 Å². The van der Waals surface area contributed by atoms with E-state index in [1.54, 1.807) is 20.8 Å². The molecule has 1 fully saturated rings. The monoisotopic (exact) mass is 364 g/mol. The molecular formula is C19H28N2O5. The summed E-state index contributed by atoms with van der Waals surface area (Å²) in [5.74, 6) is 0. The van der Waals surface area contributed by atoms with Crippen LogP contribution in [0.15, 0.2) is 30.3 Å². The number of hydrogen-bond donors (Lipinski definition) is 3. The van der Waals surface area contributed by atoms with Crippen LogP contribution in [0.2, 0.25) is 0 Å². The highest BCUT2D eigenvalue weighted by atomic mass is 16.6. The molecule has 0 bridgehead atoms. The summed E-state index contributed by atoms with van der Waals surface area (Å²) in [6.45, 7) is 5.56. The predicted octanol–water partition coefficient (Wildman–Crippen LogP) is 2.72. The first-order chi connectivity index (χ1) is 12.2. The van der Waals surface area contributed by atoms with Crippen LogP contribution < -0.4 is 10.6 Å². The summed E-state index contributed by atoms with van der Waals surface area (Å²) < 4.78 is 10.4. The molecule has 2 rings (SSSR count). The summed E-state index contributed by atoms with van der Waals surface area (Å²) in [5, 5.41) is 15.7. The topological polar surface area (TPSA) is 96.9 Å². The van der Waals surface area contributed by atoms with Gasteiger partial charge in [-0.15, -0.1) is 0 Å². The zero-order valence-electron chi connectivity index (χ0n) is 15.5. The number of carbonyl (C=O) groups is 2. The van der Waals surface area contributed by atoms with E-state index in [0.29, 0.717) is 19.3 Å². The van der Waals surface area contributed by atoms with Crippen molar-refractivity contribution in [1.82, 2.24) is 10.6 Å². The van der Waals surface area contributed by atoms with Gasteiger partial charge in [0.05, 0.1) is 12.1 Å². The van der Waals surface area contributed by atoms with Crippen LogP contribution in [-0.2, 0) is 16.1 Å². The quantitative estimate of drug-likeness (QED) is 0.763. The van der Waals surface area contributed by atoms with Crippen LogP contribution in [0.5, 0.6) is 0 Å². The normalized spacial score (nSPS) is 23.0. The Balaban J connectivity index is 1.72. The Hall–Kier alpha value is -2.28. The molecule has 3 N–H and O–H groups in total. The van der Waals surface area contributed by atoms with Crippen LogP contribution >= 0.6 is 0 Å². The van der Waals surface area contributed by atoms with Crippen molar-refractivity contribution in [2.24, 2.45) is 0 Å². The van der Waals surface area contributed by atoms with Crippen LogP contribution in [-0.4, -0.2) is 41.1 Å². The van der Waals surface area contributed by atoms with E-state index in [2.05, 4.69) is 10.6 Å². The van der Waals surface area contributed by atoms with Gasteiger partial charge in [0, 0.05) is 6.04 Å². The third-order valence-corrected chi connectivity index (χ3v) is 4.05. The maximum Gasteiger partial charge on any atom is 0.407 e. The predicted molar refractivity (Wildman–Crippen MR) is 96.6 cm³/mol. The smallest absolute Gasteiger partial charge is 0.407 e. The molecule has 1 aromatic carbocycles. The summed E-state index contributed by atoms with van der Waals surface area (Å²) in [6, 6.07) is 8.81. The molecule has 1 aromatic rings. The molecule has 3 atom stereocenters. The highest BCUT2D eigenvalue weighted by molar-refractivity contribution is 5.68. The van der Waals surface area contributed by atoms with Gasteiger partial charge in [0.15, 0.2) is 0 Å². The Morgan fingerprint density at radius 2 is 1.81 bits per heavy atom. The molecular weight excluding hydrogens is 336 g/mol. The van der Waals surface area contributed by atoms with Gasteiger partial charge in [-0.25, -0.2) is 9.59 Å². The van der Waals surface area contributed by atoms with Crippen molar-refractivity contribution >= 4 is 12.2 Å². The van der Waals surface area contributed by atoms with E-state index in [4.69, 9.17) is 9.47 Å². The second-order valence-electron chi connectivity index (χ2n) is 7.54. The van der Waals surface area contributed by atoms with Crippen LogP contribution in [0, 0.1) is 0 Å². The standard InChI is InChI=1S/C19H28N2O5/c1-19(2,3)26-18(24)20-14-9-10-15(16(22)11-14)21-17(23)25-12-13-7-5-4-6-8-13/h4-8,14-16,22H,9-12H2,1-3H3,(H,20,24)(H,21,23)/t14-,15-,16+/m1/s1. The van der Waals surface area contributed by atoms with Crippen molar-refractivity contribution in [1.29, 1.82) is 0 Å².